The average Bonchev–Trinajstić information content (AvgIpc) is 2.48. The first-order valence-electron chi connectivity index (χ1n) is 7.05. The van der Waals surface area contributed by atoms with Gasteiger partial charge in [-0.1, -0.05) is 54.6 Å². The van der Waals surface area contributed by atoms with Gasteiger partial charge in [0, 0.05) is 12.0 Å². The van der Waals surface area contributed by atoms with Crippen LogP contribution in [0.2, 0.25) is 0 Å². The van der Waals surface area contributed by atoms with Crippen LogP contribution in [0.1, 0.15) is 33.8 Å². The highest BCUT2D eigenvalue weighted by Crippen LogP contribution is 2.35. The molecule has 2 unspecified atom stereocenters. The van der Waals surface area contributed by atoms with Gasteiger partial charge >= 0.3 is 5.97 Å². The van der Waals surface area contributed by atoms with Crippen LogP contribution in [0.4, 0.5) is 0 Å². The van der Waals surface area contributed by atoms with Crippen molar-refractivity contribution >= 4 is 11.8 Å². The Labute approximate surface area is 123 Å². The highest BCUT2D eigenvalue weighted by Gasteiger charge is 2.35. The van der Waals surface area contributed by atoms with Crippen molar-refractivity contribution in [3.8, 4) is 0 Å². The largest absolute Gasteiger partial charge is 0.481 e. The molecule has 0 fully saturated rings. The molecule has 106 valence electrons. The Bertz CT molecular complexity index is 676. The summed E-state index contributed by atoms with van der Waals surface area (Å²) in [5.41, 5.74) is 2.47. The predicted molar refractivity (Wildman–Crippen MR) is 79.4 cm³/mol. The van der Waals surface area contributed by atoms with Crippen LogP contribution in [0, 0.1) is 5.92 Å². The minimum Gasteiger partial charge on any atom is -0.481 e. The molecule has 2 atom stereocenters. The van der Waals surface area contributed by atoms with Crippen LogP contribution in [0.5, 0.6) is 0 Å². The van der Waals surface area contributed by atoms with Gasteiger partial charge in [-0.25, -0.2) is 0 Å². The highest BCUT2D eigenvalue weighted by atomic mass is 16.4. The fraction of sp³-hybridized carbons (Fsp3) is 0.222. The first-order valence-corrected chi connectivity index (χ1v) is 7.05. The van der Waals surface area contributed by atoms with Crippen molar-refractivity contribution in [2.24, 2.45) is 5.92 Å². The van der Waals surface area contributed by atoms with E-state index in [1.165, 1.54) is 0 Å². The van der Waals surface area contributed by atoms with Crippen LogP contribution in [0.15, 0.2) is 54.6 Å². The SMILES string of the molecule is O=C1CC(C(C(=O)O)c2ccccc2)Cc2ccccc21. The first-order chi connectivity index (χ1) is 10.2. The van der Waals surface area contributed by atoms with Gasteiger partial charge in [-0.2, -0.15) is 0 Å². The zero-order valence-electron chi connectivity index (χ0n) is 11.5. The fourth-order valence-corrected chi connectivity index (χ4v) is 3.19. The fourth-order valence-electron chi connectivity index (χ4n) is 3.19. The van der Waals surface area contributed by atoms with Gasteiger partial charge in [0.2, 0.25) is 0 Å². The van der Waals surface area contributed by atoms with Gasteiger partial charge in [-0.3, -0.25) is 9.59 Å². The molecule has 0 radical (unpaired) electrons. The monoisotopic (exact) mass is 280 g/mol. The summed E-state index contributed by atoms with van der Waals surface area (Å²) in [7, 11) is 0. The Morgan fingerprint density at radius 1 is 1.00 bits per heavy atom. The van der Waals surface area contributed by atoms with Crippen molar-refractivity contribution in [1.82, 2.24) is 0 Å². The van der Waals surface area contributed by atoms with E-state index in [-0.39, 0.29) is 11.7 Å². The smallest absolute Gasteiger partial charge is 0.311 e. The molecule has 3 heteroatoms. The summed E-state index contributed by atoms with van der Waals surface area (Å²) in [4.78, 5) is 24.0. The number of aliphatic carboxylic acids is 1. The molecule has 1 aliphatic rings. The number of fused-ring (bicyclic) bond motifs is 1. The summed E-state index contributed by atoms with van der Waals surface area (Å²) >= 11 is 0. The van der Waals surface area contributed by atoms with Gasteiger partial charge in [0.15, 0.2) is 5.78 Å². The standard InChI is InChI=1S/C18H16O3/c19-16-11-14(10-13-8-4-5-9-15(13)16)17(18(20)21)12-6-2-1-3-7-12/h1-9,14,17H,10-11H2,(H,20,21). The number of carboxylic acids is 1. The second kappa shape index (κ2) is 5.52. The van der Waals surface area contributed by atoms with Crippen molar-refractivity contribution in [3.05, 3.63) is 71.3 Å². The molecule has 1 N–H and O–H groups in total. The van der Waals surface area contributed by atoms with E-state index < -0.39 is 11.9 Å². The quantitative estimate of drug-likeness (QED) is 0.938. The molecule has 0 aliphatic heterocycles. The van der Waals surface area contributed by atoms with Gasteiger partial charge in [-0.15, -0.1) is 0 Å². The van der Waals surface area contributed by atoms with Crippen molar-refractivity contribution in [2.75, 3.05) is 0 Å². The average molecular weight is 280 g/mol. The minimum atomic E-state index is -0.863. The number of hydrogen-bond donors (Lipinski definition) is 1. The van der Waals surface area contributed by atoms with Crippen molar-refractivity contribution in [1.29, 1.82) is 0 Å². The predicted octanol–water partition coefficient (Wildman–Crippen LogP) is 3.30. The van der Waals surface area contributed by atoms with Crippen LogP contribution in [-0.4, -0.2) is 16.9 Å². The third-order valence-electron chi connectivity index (χ3n) is 4.14. The summed E-state index contributed by atoms with van der Waals surface area (Å²) < 4.78 is 0. The van der Waals surface area contributed by atoms with E-state index in [1.54, 1.807) is 0 Å². The molecule has 0 heterocycles. The lowest BCUT2D eigenvalue weighted by Crippen LogP contribution is -2.29. The van der Waals surface area contributed by atoms with E-state index in [0.29, 0.717) is 12.8 Å². The summed E-state index contributed by atoms with van der Waals surface area (Å²) in [6.45, 7) is 0. The first kappa shape index (κ1) is 13.6. The molecule has 0 bridgehead atoms. The number of carbonyl (C=O) groups excluding carboxylic acids is 1. The number of benzene rings is 2. The van der Waals surface area contributed by atoms with Crippen LogP contribution in [0.3, 0.4) is 0 Å². The highest BCUT2D eigenvalue weighted by molar-refractivity contribution is 5.99. The van der Waals surface area contributed by atoms with Gasteiger partial charge < -0.3 is 5.11 Å². The van der Waals surface area contributed by atoms with Gasteiger partial charge in [-0.05, 0) is 23.5 Å². The zero-order chi connectivity index (χ0) is 14.8. The van der Waals surface area contributed by atoms with E-state index in [1.807, 2.05) is 54.6 Å². The molecule has 2 aromatic carbocycles. The molecule has 0 saturated heterocycles. The molecular formula is C18H16O3. The number of Topliss-reactive ketones (excluding diaryl/α,β-unsaturated/α-hetero) is 1. The Hall–Kier alpha value is -2.42. The Morgan fingerprint density at radius 2 is 1.67 bits per heavy atom. The third-order valence-corrected chi connectivity index (χ3v) is 4.14. The van der Waals surface area contributed by atoms with E-state index in [2.05, 4.69) is 0 Å². The van der Waals surface area contributed by atoms with Gasteiger partial charge in [0.05, 0.1) is 5.92 Å². The lowest BCUT2D eigenvalue weighted by molar-refractivity contribution is -0.140. The topological polar surface area (TPSA) is 54.4 Å². The maximum absolute atomic E-state index is 12.3. The summed E-state index contributed by atoms with van der Waals surface area (Å²) in [5, 5.41) is 9.60. The van der Waals surface area contributed by atoms with Crippen molar-refractivity contribution < 1.29 is 14.7 Å². The molecule has 3 nitrogen and oxygen atoms in total. The lowest BCUT2D eigenvalue weighted by atomic mass is 9.74. The number of rotatable bonds is 3. The van der Waals surface area contributed by atoms with E-state index in [0.717, 1.165) is 16.7 Å². The molecule has 0 amide bonds. The third kappa shape index (κ3) is 2.59. The number of ketones is 1. The van der Waals surface area contributed by atoms with Gasteiger partial charge in [0.25, 0.3) is 0 Å². The number of hydrogen-bond acceptors (Lipinski definition) is 2. The van der Waals surface area contributed by atoms with E-state index in [4.69, 9.17) is 0 Å². The minimum absolute atomic E-state index is 0.0454. The van der Waals surface area contributed by atoms with Crippen LogP contribution in [-0.2, 0) is 11.2 Å². The molecular weight excluding hydrogens is 264 g/mol. The normalized spacial score (nSPS) is 18.9. The van der Waals surface area contributed by atoms with Gasteiger partial charge in [0.1, 0.15) is 0 Å². The van der Waals surface area contributed by atoms with Crippen molar-refractivity contribution in [2.45, 2.75) is 18.8 Å². The second-order valence-electron chi connectivity index (χ2n) is 5.48. The lowest BCUT2D eigenvalue weighted by Gasteiger charge is -2.28. The molecule has 21 heavy (non-hydrogen) atoms. The molecule has 0 saturated carbocycles. The number of carboxylic acid groups (broad SMARTS) is 1. The van der Waals surface area contributed by atoms with Crippen LogP contribution < -0.4 is 0 Å². The van der Waals surface area contributed by atoms with E-state index >= 15 is 0 Å². The Balaban J connectivity index is 1.96. The molecule has 2 aromatic rings. The Kier molecular flexibility index (Phi) is 3.57. The summed E-state index contributed by atoms with van der Waals surface area (Å²) in [5.74, 6) is -1.64. The molecule has 0 aromatic heterocycles. The van der Waals surface area contributed by atoms with Crippen LogP contribution >= 0.6 is 0 Å². The summed E-state index contributed by atoms with van der Waals surface area (Å²) in [6.07, 6.45) is 0.927. The summed E-state index contributed by atoms with van der Waals surface area (Å²) in [6, 6.07) is 16.7. The maximum Gasteiger partial charge on any atom is 0.311 e. The maximum atomic E-state index is 12.3. The molecule has 3 rings (SSSR count). The molecule has 1 aliphatic carbocycles. The Morgan fingerprint density at radius 3 is 2.38 bits per heavy atom. The second-order valence-corrected chi connectivity index (χ2v) is 5.48. The molecule has 0 spiro atoms. The van der Waals surface area contributed by atoms with Crippen LogP contribution in [0.25, 0.3) is 0 Å². The van der Waals surface area contributed by atoms with E-state index in [9.17, 15) is 14.7 Å². The zero-order valence-corrected chi connectivity index (χ0v) is 11.5. The number of carbonyl (C=O) groups is 2. The van der Waals surface area contributed by atoms with Crippen molar-refractivity contribution in [3.63, 3.8) is 0 Å².